The zero-order valence-corrected chi connectivity index (χ0v) is 20.5. The van der Waals surface area contributed by atoms with Crippen molar-refractivity contribution in [3.8, 4) is 0 Å². The van der Waals surface area contributed by atoms with E-state index in [2.05, 4.69) is 66.0 Å². The number of unbranched alkanes of at least 4 members (excludes halogenated alkanes) is 1. The van der Waals surface area contributed by atoms with Crippen LogP contribution >= 0.6 is 0 Å². The van der Waals surface area contributed by atoms with Gasteiger partial charge in [-0.1, -0.05) is 0 Å². The molecule has 30 heavy (non-hydrogen) atoms. The van der Waals surface area contributed by atoms with Crippen LogP contribution in [0.4, 0.5) is 0 Å². The van der Waals surface area contributed by atoms with E-state index in [1.54, 1.807) is 0 Å². The number of piperidine rings is 2. The molecule has 0 aromatic rings. The van der Waals surface area contributed by atoms with Crippen molar-refractivity contribution < 1.29 is 19.8 Å². The van der Waals surface area contributed by atoms with Gasteiger partial charge in [-0.3, -0.25) is 9.59 Å². The van der Waals surface area contributed by atoms with Crippen LogP contribution in [0.2, 0.25) is 0 Å². The lowest BCUT2D eigenvalue weighted by molar-refractivity contribution is -0.139. The highest BCUT2D eigenvalue weighted by Crippen LogP contribution is 2.44. The van der Waals surface area contributed by atoms with Crippen LogP contribution < -0.4 is 10.6 Å². The maximum Gasteiger partial charge on any atom is 0.303 e. The number of aliphatic carboxylic acids is 2. The molecular formula is C24H46N2O4. The third-order valence-electron chi connectivity index (χ3n) is 6.14. The summed E-state index contributed by atoms with van der Waals surface area (Å²) in [7, 11) is 0. The van der Waals surface area contributed by atoms with Gasteiger partial charge in [-0.05, 0) is 106 Å². The van der Waals surface area contributed by atoms with Crippen LogP contribution in [0.5, 0.6) is 0 Å². The Hall–Kier alpha value is -1.14. The maximum absolute atomic E-state index is 9.90. The van der Waals surface area contributed by atoms with E-state index in [0.29, 0.717) is 12.8 Å². The van der Waals surface area contributed by atoms with Gasteiger partial charge in [0.2, 0.25) is 0 Å². The van der Waals surface area contributed by atoms with Gasteiger partial charge in [0, 0.05) is 35.0 Å². The average molecular weight is 427 g/mol. The van der Waals surface area contributed by atoms with Gasteiger partial charge in [0.05, 0.1) is 0 Å². The highest BCUT2D eigenvalue weighted by molar-refractivity contribution is 5.67. The Balaban J connectivity index is 0.000000382. The number of carboxylic acid groups (broad SMARTS) is 2. The maximum atomic E-state index is 9.90. The highest BCUT2D eigenvalue weighted by atomic mass is 16.4. The predicted molar refractivity (Wildman–Crippen MR) is 122 cm³/mol. The molecule has 0 bridgehead atoms. The Kier molecular flexibility index (Phi) is 8.95. The number of hydrogen-bond acceptors (Lipinski definition) is 4. The zero-order valence-electron chi connectivity index (χ0n) is 20.5. The van der Waals surface area contributed by atoms with Gasteiger partial charge in [-0.2, -0.15) is 0 Å². The summed E-state index contributed by atoms with van der Waals surface area (Å²) in [6.45, 7) is 19.0. The van der Waals surface area contributed by atoms with Crippen LogP contribution in [0.1, 0.15) is 107 Å². The van der Waals surface area contributed by atoms with Crippen molar-refractivity contribution >= 4 is 11.9 Å². The van der Waals surface area contributed by atoms with Crippen LogP contribution in [-0.4, -0.2) is 44.3 Å². The number of hydrogen-bond donors (Lipinski definition) is 4. The molecule has 2 aliphatic rings. The summed E-state index contributed by atoms with van der Waals surface area (Å²) in [5, 5.41) is 23.9. The molecule has 0 spiro atoms. The lowest BCUT2D eigenvalue weighted by Gasteiger charge is -2.54. The molecule has 2 rings (SSSR count). The summed E-state index contributed by atoms with van der Waals surface area (Å²) in [5.74, 6) is -0.0421. The fourth-order valence-electron chi connectivity index (χ4n) is 6.02. The van der Waals surface area contributed by atoms with E-state index in [1.165, 1.54) is 25.7 Å². The first-order valence-electron chi connectivity index (χ1n) is 11.4. The molecule has 0 radical (unpaired) electrons. The zero-order chi connectivity index (χ0) is 23.4. The number of carbonyl (C=O) groups is 2. The summed E-state index contributed by atoms with van der Waals surface area (Å²) in [6.07, 6.45) is 6.27. The van der Waals surface area contributed by atoms with E-state index < -0.39 is 11.9 Å². The molecule has 2 fully saturated rings. The summed E-state index contributed by atoms with van der Waals surface area (Å²) in [6, 6.07) is 0. The van der Waals surface area contributed by atoms with Crippen molar-refractivity contribution in [2.75, 3.05) is 0 Å². The van der Waals surface area contributed by atoms with Gasteiger partial charge in [-0.15, -0.1) is 0 Å². The molecule has 6 nitrogen and oxygen atoms in total. The van der Waals surface area contributed by atoms with Gasteiger partial charge >= 0.3 is 11.9 Å². The van der Waals surface area contributed by atoms with Crippen molar-refractivity contribution in [1.29, 1.82) is 0 Å². The smallest absolute Gasteiger partial charge is 0.303 e. The number of rotatable bonds is 6. The Bertz CT molecular complexity index is 512. The van der Waals surface area contributed by atoms with Crippen molar-refractivity contribution in [2.45, 2.75) is 129 Å². The Morgan fingerprint density at radius 3 is 1.07 bits per heavy atom. The lowest BCUT2D eigenvalue weighted by atomic mass is 9.63. The number of carboxylic acids is 2. The Labute approximate surface area is 183 Å². The van der Waals surface area contributed by atoms with Crippen molar-refractivity contribution in [1.82, 2.24) is 10.6 Å². The molecule has 0 atom stereocenters. The topological polar surface area (TPSA) is 98.7 Å². The van der Waals surface area contributed by atoms with E-state index >= 15 is 0 Å². The summed E-state index contributed by atoms with van der Waals surface area (Å²) < 4.78 is 0. The van der Waals surface area contributed by atoms with Gasteiger partial charge in [0.25, 0.3) is 0 Å². The number of nitrogens with one attached hydrogen (secondary N) is 2. The van der Waals surface area contributed by atoms with Gasteiger partial charge < -0.3 is 20.8 Å². The first-order valence-corrected chi connectivity index (χ1v) is 11.4. The first kappa shape index (κ1) is 26.9. The molecule has 0 aliphatic carbocycles. The van der Waals surface area contributed by atoms with Crippen LogP contribution in [0, 0.1) is 11.8 Å². The highest BCUT2D eigenvalue weighted by Gasteiger charge is 2.45. The molecular weight excluding hydrogens is 380 g/mol. The molecule has 0 saturated carbocycles. The molecule has 0 aromatic heterocycles. The third kappa shape index (κ3) is 10.3. The quantitative estimate of drug-likeness (QED) is 0.455. The minimum atomic E-state index is -0.870. The van der Waals surface area contributed by atoms with Crippen LogP contribution in [0.3, 0.4) is 0 Å². The fourth-order valence-corrected chi connectivity index (χ4v) is 6.02. The largest absolute Gasteiger partial charge is 0.481 e. The summed E-state index contributed by atoms with van der Waals surface area (Å²) in [5.41, 5.74) is 1.08. The molecule has 2 aliphatic heterocycles. The Morgan fingerprint density at radius 2 is 0.867 bits per heavy atom. The minimum absolute atomic E-state index is 0.0628. The van der Waals surface area contributed by atoms with E-state index in [1.807, 2.05) is 0 Å². The molecule has 2 saturated heterocycles. The molecule has 6 heteroatoms. The van der Waals surface area contributed by atoms with Crippen LogP contribution in [0.15, 0.2) is 0 Å². The van der Waals surface area contributed by atoms with Crippen LogP contribution in [0.25, 0.3) is 0 Å². The fraction of sp³-hybridized carbons (Fsp3) is 0.917. The molecule has 0 unspecified atom stereocenters. The second-order valence-corrected chi connectivity index (χ2v) is 12.1. The molecule has 0 amide bonds. The standard InChI is InChI=1S/C18H36N2.C6H10O4/c1-15(2)9-13(10-16(3,4)19-15)14-11-17(5,6)20-18(7,8)12-14;7-5(8)3-1-2-4-6(9)10/h13-14,19-20H,9-12H2,1-8H3;1-4H2,(H,7,8)(H,9,10). The molecule has 2 heterocycles. The van der Waals surface area contributed by atoms with Gasteiger partial charge in [-0.25, -0.2) is 0 Å². The summed E-state index contributed by atoms with van der Waals surface area (Å²) in [4.78, 5) is 19.8. The predicted octanol–water partition coefficient (Wildman–Crippen LogP) is 4.82. The molecule has 0 aromatic carbocycles. The lowest BCUT2D eigenvalue weighted by Crippen LogP contribution is -2.62. The molecule has 176 valence electrons. The third-order valence-corrected chi connectivity index (χ3v) is 6.14. The van der Waals surface area contributed by atoms with E-state index in [9.17, 15) is 9.59 Å². The van der Waals surface area contributed by atoms with E-state index in [0.717, 1.165) is 11.8 Å². The van der Waals surface area contributed by atoms with E-state index in [-0.39, 0.29) is 35.0 Å². The normalized spacial score (nSPS) is 25.1. The van der Waals surface area contributed by atoms with Crippen LogP contribution in [-0.2, 0) is 9.59 Å². The first-order chi connectivity index (χ1) is 13.4. The van der Waals surface area contributed by atoms with E-state index in [4.69, 9.17) is 10.2 Å². The minimum Gasteiger partial charge on any atom is -0.481 e. The summed E-state index contributed by atoms with van der Waals surface area (Å²) >= 11 is 0. The SMILES string of the molecule is CC1(C)CC(C2CC(C)(C)NC(C)(C)C2)CC(C)(C)N1.O=C(O)CCCCC(=O)O. The average Bonchev–Trinajstić information content (AvgIpc) is 2.45. The molecule has 4 N–H and O–H groups in total. The van der Waals surface area contributed by atoms with Gasteiger partial charge in [0.1, 0.15) is 0 Å². The monoisotopic (exact) mass is 426 g/mol. The Morgan fingerprint density at radius 1 is 0.633 bits per heavy atom. The van der Waals surface area contributed by atoms with Crippen molar-refractivity contribution in [2.24, 2.45) is 11.8 Å². The second-order valence-electron chi connectivity index (χ2n) is 12.1. The van der Waals surface area contributed by atoms with Crippen molar-refractivity contribution in [3.63, 3.8) is 0 Å². The second kappa shape index (κ2) is 9.99. The van der Waals surface area contributed by atoms with Gasteiger partial charge in [0.15, 0.2) is 0 Å². The van der Waals surface area contributed by atoms with Crippen molar-refractivity contribution in [3.05, 3.63) is 0 Å².